The molecule has 2 aromatic rings. The lowest BCUT2D eigenvalue weighted by molar-refractivity contribution is 0.115. The van der Waals surface area contributed by atoms with Crippen LogP contribution >= 0.6 is 0 Å². The van der Waals surface area contributed by atoms with Gasteiger partial charge in [-0.2, -0.15) is 0 Å². The van der Waals surface area contributed by atoms with E-state index in [4.69, 9.17) is 13.9 Å². The van der Waals surface area contributed by atoms with Gasteiger partial charge in [-0.05, 0) is 47.2 Å². The van der Waals surface area contributed by atoms with Crippen LogP contribution in [-0.4, -0.2) is 40.7 Å². The molecule has 34 heavy (non-hydrogen) atoms. The minimum atomic E-state index is -2.01. The van der Waals surface area contributed by atoms with Gasteiger partial charge in [0, 0.05) is 37.0 Å². The zero-order valence-corrected chi connectivity index (χ0v) is 22.8. The molecule has 1 fully saturated rings. The summed E-state index contributed by atoms with van der Waals surface area (Å²) < 4.78 is 19.4. The molecule has 1 spiro atoms. The number of rotatable bonds is 7. The van der Waals surface area contributed by atoms with Crippen LogP contribution in [0.4, 0.5) is 5.69 Å². The summed E-state index contributed by atoms with van der Waals surface area (Å²) in [6, 6.07) is 15.5. The Labute approximate surface area is 206 Å². The van der Waals surface area contributed by atoms with E-state index in [9.17, 15) is 0 Å². The van der Waals surface area contributed by atoms with Crippen molar-refractivity contribution in [3.8, 4) is 11.5 Å². The second-order valence-electron chi connectivity index (χ2n) is 11.5. The zero-order chi connectivity index (χ0) is 24.1. The average Bonchev–Trinajstić information content (AvgIpc) is 3.52. The Morgan fingerprint density at radius 1 is 1.00 bits per heavy atom. The van der Waals surface area contributed by atoms with Crippen LogP contribution in [0.1, 0.15) is 65.5 Å². The maximum Gasteiger partial charge on any atom is 0.258 e. The van der Waals surface area contributed by atoms with Crippen molar-refractivity contribution in [2.45, 2.75) is 82.5 Å². The quantitative estimate of drug-likeness (QED) is 0.403. The Morgan fingerprint density at radius 2 is 1.74 bits per heavy atom. The Kier molecular flexibility index (Phi) is 6.22. The van der Waals surface area contributed by atoms with E-state index >= 15 is 0 Å². The van der Waals surface area contributed by atoms with Crippen LogP contribution in [0.3, 0.4) is 0 Å². The van der Waals surface area contributed by atoms with E-state index < -0.39 is 8.32 Å². The molecule has 184 valence electrons. The van der Waals surface area contributed by atoms with Crippen molar-refractivity contribution in [1.29, 1.82) is 0 Å². The zero-order valence-electron chi connectivity index (χ0n) is 21.8. The lowest BCUT2D eigenvalue weighted by atomic mass is 9.78. The summed E-state index contributed by atoms with van der Waals surface area (Å²) in [7, 11) is -2.01. The molecule has 0 aromatic heterocycles. The summed E-state index contributed by atoms with van der Waals surface area (Å²) >= 11 is 0. The molecule has 3 aliphatic heterocycles. The first-order valence-corrected chi connectivity index (χ1v) is 15.3. The van der Waals surface area contributed by atoms with Crippen LogP contribution in [0.5, 0.6) is 11.5 Å². The van der Waals surface area contributed by atoms with E-state index in [-0.39, 0.29) is 5.41 Å². The van der Waals surface area contributed by atoms with Gasteiger partial charge in [0.15, 0.2) is 0 Å². The van der Waals surface area contributed by atoms with E-state index in [1.165, 1.54) is 23.2 Å². The predicted octanol–water partition coefficient (Wildman–Crippen LogP) is 6.92. The van der Waals surface area contributed by atoms with Crippen molar-refractivity contribution >= 4 is 14.0 Å². The highest BCUT2D eigenvalue weighted by Crippen LogP contribution is 2.53. The molecule has 5 heteroatoms. The van der Waals surface area contributed by atoms with Gasteiger partial charge in [-0.1, -0.05) is 65.8 Å². The molecule has 0 aliphatic carbocycles. The third-order valence-electron chi connectivity index (χ3n) is 8.61. The smallest absolute Gasteiger partial charge is 0.258 e. The molecule has 2 aromatic carbocycles. The van der Waals surface area contributed by atoms with Crippen molar-refractivity contribution in [3.05, 3.63) is 53.6 Å². The minimum Gasteiger partial charge on any atom is -0.543 e. The molecule has 2 atom stereocenters. The van der Waals surface area contributed by atoms with Gasteiger partial charge in [0.1, 0.15) is 18.1 Å². The highest BCUT2D eigenvalue weighted by molar-refractivity contribution is 6.78. The molecule has 0 bridgehead atoms. The molecule has 3 aliphatic rings. The fourth-order valence-electron chi connectivity index (χ4n) is 7.12. The van der Waals surface area contributed by atoms with Crippen LogP contribution in [0.2, 0.25) is 16.6 Å². The van der Waals surface area contributed by atoms with Gasteiger partial charge in [-0.25, -0.2) is 0 Å². The molecular formula is C29H41NO3Si. The van der Waals surface area contributed by atoms with Crippen molar-refractivity contribution in [1.82, 2.24) is 0 Å². The lowest BCUT2D eigenvalue weighted by Crippen LogP contribution is -2.50. The number of anilines is 1. The molecule has 5 rings (SSSR count). The Bertz CT molecular complexity index is 1010. The molecule has 0 amide bonds. The Balaban J connectivity index is 1.47. The average molecular weight is 480 g/mol. The fraction of sp³-hybridized carbons (Fsp3) is 0.586. The number of hydrogen-bond acceptors (Lipinski definition) is 4. The maximum absolute atomic E-state index is 6.97. The van der Waals surface area contributed by atoms with Crippen LogP contribution in [0.25, 0.3) is 0 Å². The summed E-state index contributed by atoms with van der Waals surface area (Å²) in [6.45, 7) is 17.5. The Morgan fingerprint density at radius 3 is 2.41 bits per heavy atom. The summed E-state index contributed by atoms with van der Waals surface area (Å²) in [5.74, 6) is 1.96. The van der Waals surface area contributed by atoms with Gasteiger partial charge >= 0.3 is 0 Å². The second kappa shape index (κ2) is 8.91. The van der Waals surface area contributed by atoms with Crippen molar-refractivity contribution in [2.75, 3.05) is 31.2 Å². The van der Waals surface area contributed by atoms with Crippen molar-refractivity contribution in [3.63, 3.8) is 0 Å². The number of para-hydroxylation sites is 1. The number of hydrogen-bond donors (Lipinski definition) is 0. The van der Waals surface area contributed by atoms with Gasteiger partial charge in [0.2, 0.25) is 0 Å². The monoisotopic (exact) mass is 479 g/mol. The number of ether oxygens (including phenoxy) is 2. The highest BCUT2D eigenvalue weighted by Gasteiger charge is 2.51. The first-order chi connectivity index (χ1) is 16.3. The summed E-state index contributed by atoms with van der Waals surface area (Å²) in [6.07, 6.45) is 2.67. The van der Waals surface area contributed by atoms with Crippen LogP contribution in [-0.2, 0) is 10.2 Å². The largest absolute Gasteiger partial charge is 0.543 e. The van der Waals surface area contributed by atoms with E-state index in [0.717, 1.165) is 37.6 Å². The second-order valence-corrected chi connectivity index (χ2v) is 16.9. The summed E-state index contributed by atoms with van der Waals surface area (Å²) in [4.78, 5) is 2.53. The third kappa shape index (κ3) is 3.67. The fourth-order valence-corrected chi connectivity index (χ4v) is 12.4. The molecule has 0 saturated carbocycles. The topological polar surface area (TPSA) is 30.9 Å². The molecule has 0 radical (unpaired) electrons. The summed E-state index contributed by atoms with van der Waals surface area (Å²) in [5, 5.41) is 0. The number of benzene rings is 2. The van der Waals surface area contributed by atoms with Gasteiger partial charge < -0.3 is 18.8 Å². The molecular weight excluding hydrogens is 438 g/mol. The van der Waals surface area contributed by atoms with Crippen LogP contribution < -0.4 is 14.1 Å². The lowest BCUT2D eigenvalue weighted by Gasteiger charge is -2.42. The van der Waals surface area contributed by atoms with Crippen molar-refractivity contribution < 1.29 is 13.9 Å². The molecule has 1 saturated heterocycles. The predicted molar refractivity (Wildman–Crippen MR) is 142 cm³/mol. The maximum atomic E-state index is 6.97. The molecule has 4 nitrogen and oxygen atoms in total. The normalized spacial score (nSPS) is 23.8. The SMILES string of the molecule is CC(C)[Si](Oc1ccc2c(c1)OCC21CN(C[C@H]2CCCO2)c2ccccc21)(C(C)C)C(C)C. The van der Waals surface area contributed by atoms with Gasteiger partial charge in [-0.3, -0.25) is 0 Å². The Hall–Kier alpha value is -1.98. The van der Waals surface area contributed by atoms with E-state index in [2.05, 4.69) is 88.9 Å². The molecule has 0 N–H and O–H groups in total. The first-order valence-electron chi connectivity index (χ1n) is 13.2. The van der Waals surface area contributed by atoms with E-state index in [1.54, 1.807) is 0 Å². The first kappa shape index (κ1) is 23.7. The van der Waals surface area contributed by atoms with Crippen LogP contribution in [0.15, 0.2) is 42.5 Å². The minimum absolute atomic E-state index is 0.119. The summed E-state index contributed by atoms with van der Waals surface area (Å²) in [5.41, 5.74) is 5.53. The number of fused-ring (bicyclic) bond motifs is 4. The highest BCUT2D eigenvalue weighted by atomic mass is 28.4. The van der Waals surface area contributed by atoms with E-state index in [0.29, 0.717) is 29.3 Å². The van der Waals surface area contributed by atoms with Crippen molar-refractivity contribution in [2.24, 2.45) is 0 Å². The van der Waals surface area contributed by atoms with Gasteiger partial charge in [0.25, 0.3) is 8.32 Å². The standard InChI is InChI=1S/C29H41NO3Si/c1-20(2)34(21(3)4,22(5)6)33-23-13-14-26-28(16-23)32-19-29(26)18-30(17-24-10-9-15-31-24)27-12-8-7-11-25(27)29/h7-8,11-14,16,20-22,24H,9-10,15,17-19H2,1-6H3/t24-,29?/m1/s1. The van der Waals surface area contributed by atoms with Gasteiger partial charge in [0.05, 0.1) is 11.5 Å². The number of nitrogens with zero attached hydrogens (tertiary/aromatic N) is 1. The van der Waals surface area contributed by atoms with Gasteiger partial charge in [-0.15, -0.1) is 0 Å². The molecule has 1 unspecified atom stereocenters. The van der Waals surface area contributed by atoms with Crippen LogP contribution in [0, 0.1) is 0 Å². The molecule has 3 heterocycles. The third-order valence-corrected chi connectivity index (χ3v) is 14.6. The van der Waals surface area contributed by atoms with E-state index in [1.807, 2.05) is 0 Å².